The SMILES string of the molecule is CC[C@H]1CCCCN1S(=O)(=O)c1ccc2c(c1)CCC(=O)N2. The highest BCUT2D eigenvalue weighted by Gasteiger charge is 2.33. The Balaban J connectivity index is 1.93. The third-order valence-electron chi connectivity index (χ3n) is 4.62. The second-order valence-electron chi connectivity index (χ2n) is 6.04. The van der Waals surface area contributed by atoms with E-state index in [9.17, 15) is 13.2 Å². The molecule has 0 aliphatic carbocycles. The number of rotatable bonds is 3. The first-order valence-electron chi connectivity index (χ1n) is 7.97. The number of fused-ring (bicyclic) bond motifs is 1. The summed E-state index contributed by atoms with van der Waals surface area (Å²) in [6.07, 6.45) is 4.83. The van der Waals surface area contributed by atoms with Crippen molar-refractivity contribution in [1.29, 1.82) is 0 Å². The number of hydrogen-bond acceptors (Lipinski definition) is 3. The molecule has 1 saturated heterocycles. The number of piperidine rings is 1. The van der Waals surface area contributed by atoms with Crippen molar-refractivity contribution in [2.45, 2.75) is 56.4 Å². The van der Waals surface area contributed by atoms with Crippen LogP contribution in [0.25, 0.3) is 0 Å². The first kappa shape index (κ1) is 15.5. The van der Waals surface area contributed by atoms with Crippen LogP contribution in [0.2, 0.25) is 0 Å². The Morgan fingerprint density at radius 3 is 2.86 bits per heavy atom. The monoisotopic (exact) mass is 322 g/mol. The van der Waals surface area contributed by atoms with E-state index in [1.165, 1.54) is 0 Å². The van der Waals surface area contributed by atoms with Crippen LogP contribution in [-0.4, -0.2) is 31.2 Å². The average molecular weight is 322 g/mol. The lowest BCUT2D eigenvalue weighted by molar-refractivity contribution is -0.116. The van der Waals surface area contributed by atoms with E-state index >= 15 is 0 Å². The summed E-state index contributed by atoms with van der Waals surface area (Å²) in [4.78, 5) is 11.7. The van der Waals surface area contributed by atoms with Gasteiger partial charge < -0.3 is 5.32 Å². The standard InChI is InChI=1S/C16H22N2O3S/c1-2-13-5-3-4-10-18(13)22(20,21)14-7-8-15-12(11-14)6-9-16(19)17-15/h7-8,11,13H,2-6,9-10H2,1H3,(H,17,19)/t13-/m0/s1. The topological polar surface area (TPSA) is 66.5 Å². The lowest BCUT2D eigenvalue weighted by atomic mass is 10.0. The quantitative estimate of drug-likeness (QED) is 0.930. The molecule has 0 aromatic heterocycles. The first-order chi connectivity index (χ1) is 10.5. The molecule has 1 atom stereocenters. The molecule has 22 heavy (non-hydrogen) atoms. The van der Waals surface area contributed by atoms with Crippen LogP contribution in [0.5, 0.6) is 0 Å². The highest BCUT2D eigenvalue weighted by atomic mass is 32.2. The van der Waals surface area contributed by atoms with Gasteiger partial charge in [0, 0.05) is 24.7 Å². The Kier molecular flexibility index (Phi) is 4.23. The zero-order valence-corrected chi connectivity index (χ0v) is 13.7. The molecule has 1 fully saturated rings. The van der Waals surface area contributed by atoms with Crippen LogP contribution in [-0.2, 0) is 21.2 Å². The highest BCUT2D eigenvalue weighted by molar-refractivity contribution is 7.89. The van der Waals surface area contributed by atoms with Gasteiger partial charge in [0.05, 0.1) is 4.90 Å². The normalized spacial score (nSPS) is 23.0. The Bertz CT molecular complexity index is 685. The zero-order chi connectivity index (χ0) is 15.7. The Labute approximate surface area is 131 Å². The van der Waals surface area contributed by atoms with Crippen molar-refractivity contribution >= 4 is 21.6 Å². The highest BCUT2D eigenvalue weighted by Crippen LogP contribution is 2.30. The van der Waals surface area contributed by atoms with Crippen LogP contribution >= 0.6 is 0 Å². The third kappa shape index (κ3) is 2.77. The Hall–Kier alpha value is -1.40. The molecule has 0 bridgehead atoms. The summed E-state index contributed by atoms with van der Waals surface area (Å²) in [7, 11) is -3.45. The molecule has 2 aliphatic heterocycles. The van der Waals surface area contributed by atoms with E-state index in [0.717, 1.165) is 36.9 Å². The number of carbonyl (C=O) groups excluding carboxylic acids is 1. The molecule has 0 radical (unpaired) electrons. The number of amides is 1. The first-order valence-corrected chi connectivity index (χ1v) is 9.41. The number of nitrogens with zero attached hydrogens (tertiary/aromatic N) is 1. The van der Waals surface area contributed by atoms with Crippen LogP contribution < -0.4 is 5.32 Å². The fourth-order valence-corrected chi connectivity index (χ4v) is 5.17. The minimum Gasteiger partial charge on any atom is -0.326 e. The fraction of sp³-hybridized carbons (Fsp3) is 0.562. The molecular weight excluding hydrogens is 300 g/mol. The van der Waals surface area contributed by atoms with Crippen LogP contribution in [0.1, 0.15) is 44.6 Å². The molecular formula is C16H22N2O3S. The predicted octanol–water partition coefficient (Wildman–Crippen LogP) is 2.52. The number of carbonyl (C=O) groups is 1. The molecule has 3 rings (SSSR count). The molecule has 1 amide bonds. The van der Waals surface area contributed by atoms with Gasteiger partial charge in [-0.05, 0) is 49.4 Å². The van der Waals surface area contributed by atoms with E-state index in [0.29, 0.717) is 24.3 Å². The van der Waals surface area contributed by atoms with E-state index in [2.05, 4.69) is 5.32 Å². The molecule has 1 aromatic carbocycles. The second kappa shape index (κ2) is 6.01. The predicted molar refractivity (Wildman–Crippen MR) is 85.2 cm³/mol. The average Bonchev–Trinajstić information content (AvgIpc) is 2.54. The smallest absolute Gasteiger partial charge is 0.243 e. The largest absolute Gasteiger partial charge is 0.326 e. The van der Waals surface area contributed by atoms with Crippen LogP contribution in [0.4, 0.5) is 5.69 Å². The molecule has 2 aliphatic rings. The zero-order valence-electron chi connectivity index (χ0n) is 12.8. The van der Waals surface area contributed by atoms with Crippen molar-refractivity contribution in [2.75, 3.05) is 11.9 Å². The van der Waals surface area contributed by atoms with Crippen LogP contribution in [0, 0.1) is 0 Å². The lowest BCUT2D eigenvalue weighted by Crippen LogP contribution is -2.43. The van der Waals surface area contributed by atoms with E-state index in [1.54, 1.807) is 22.5 Å². The summed E-state index contributed by atoms with van der Waals surface area (Å²) < 4.78 is 27.6. The van der Waals surface area contributed by atoms with Gasteiger partial charge >= 0.3 is 0 Å². The van der Waals surface area contributed by atoms with Gasteiger partial charge in [-0.25, -0.2) is 8.42 Å². The molecule has 0 saturated carbocycles. The maximum absolute atomic E-state index is 12.9. The molecule has 6 heteroatoms. The number of benzene rings is 1. The van der Waals surface area contributed by atoms with Gasteiger partial charge in [-0.2, -0.15) is 4.31 Å². The van der Waals surface area contributed by atoms with Crippen LogP contribution in [0.3, 0.4) is 0 Å². The van der Waals surface area contributed by atoms with Gasteiger partial charge in [-0.15, -0.1) is 0 Å². The summed E-state index contributed by atoms with van der Waals surface area (Å²) in [5.74, 6) is -0.00909. The van der Waals surface area contributed by atoms with E-state index in [-0.39, 0.29) is 11.9 Å². The van der Waals surface area contributed by atoms with E-state index < -0.39 is 10.0 Å². The number of nitrogens with one attached hydrogen (secondary N) is 1. The molecule has 5 nitrogen and oxygen atoms in total. The molecule has 1 N–H and O–H groups in total. The maximum Gasteiger partial charge on any atom is 0.243 e. The molecule has 1 aromatic rings. The molecule has 0 unspecified atom stereocenters. The Morgan fingerprint density at radius 2 is 2.09 bits per heavy atom. The van der Waals surface area contributed by atoms with E-state index in [1.807, 2.05) is 6.92 Å². The van der Waals surface area contributed by atoms with Crippen molar-refractivity contribution in [2.24, 2.45) is 0 Å². The van der Waals surface area contributed by atoms with Gasteiger partial charge in [0.2, 0.25) is 15.9 Å². The van der Waals surface area contributed by atoms with Crippen molar-refractivity contribution in [3.8, 4) is 0 Å². The number of anilines is 1. The van der Waals surface area contributed by atoms with Gasteiger partial charge in [-0.3, -0.25) is 4.79 Å². The summed E-state index contributed by atoms with van der Waals surface area (Å²) >= 11 is 0. The fourth-order valence-electron chi connectivity index (χ4n) is 3.35. The van der Waals surface area contributed by atoms with Gasteiger partial charge in [0.1, 0.15) is 0 Å². The summed E-state index contributed by atoms with van der Waals surface area (Å²) in [5.41, 5.74) is 1.65. The van der Waals surface area contributed by atoms with Crippen molar-refractivity contribution in [3.63, 3.8) is 0 Å². The molecule has 0 spiro atoms. The number of hydrogen-bond donors (Lipinski definition) is 1. The lowest BCUT2D eigenvalue weighted by Gasteiger charge is -2.34. The maximum atomic E-state index is 12.9. The summed E-state index contributed by atoms with van der Waals surface area (Å²) in [5, 5.41) is 2.79. The van der Waals surface area contributed by atoms with E-state index in [4.69, 9.17) is 0 Å². The van der Waals surface area contributed by atoms with Crippen molar-refractivity contribution < 1.29 is 13.2 Å². The Morgan fingerprint density at radius 1 is 1.27 bits per heavy atom. The summed E-state index contributed by atoms with van der Waals surface area (Å²) in [6.45, 7) is 2.65. The second-order valence-corrected chi connectivity index (χ2v) is 7.93. The van der Waals surface area contributed by atoms with Crippen molar-refractivity contribution in [1.82, 2.24) is 4.31 Å². The third-order valence-corrected chi connectivity index (χ3v) is 6.57. The van der Waals surface area contributed by atoms with Crippen LogP contribution in [0.15, 0.2) is 23.1 Å². The molecule has 120 valence electrons. The van der Waals surface area contributed by atoms with Gasteiger partial charge in [-0.1, -0.05) is 13.3 Å². The van der Waals surface area contributed by atoms with Gasteiger partial charge in [0.15, 0.2) is 0 Å². The van der Waals surface area contributed by atoms with Gasteiger partial charge in [0.25, 0.3) is 0 Å². The minimum atomic E-state index is -3.45. The number of sulfonamides is 1. The summed E-state index contributed by atoms with van der Waals surface area (Å²) in [6, 6.07) is 5.16. The molecule has 2 heterocycles. The minimum absolute atomic E-state index is 0.00909. The number of aryl methyl sites for hydroxylation is 1. The van der Waals surface area contributed by atoms with Crippen molar-refractivity contribution in [3.05, 3.63) is 23.8 Å².